The lowest BCUT2D eigenvalue weighted by molar-refractivity contribution is 0.0996. The Hall–Kier alpha value is -2.33. The van der Waals surface area contributed by atoms with E-state index in [4.69, 9.17) is 9.47 Å². The van der Waals surface area contributed by atoms with Gasteiger partial charge in [0, 0.05) is 11.3 Å². The highest BCUT2D eigenvalue weighted by Gasteiger charge is 2.28. The molecule has 0 radical (unpaired) electrons. The van der Waals surface area contributed by atoms with Crippen molar-refractivity contribution >= 4 is 11.6 Å². The Balaban J connectivity index is 1.50. The third kappa shape index (κ3) is 2.38. The molecule has 1 saturated heterocycles. The van der Waals surface area contributed by atoms with Crippen LogP contribution in [0.15, 0.2) is 48.5 Å². The van der Waals surface area contributed by atoms with E-state index >= 15 is 0 Å². The molecule has 4 heteroatoms. The number of carbonyl (C=O) groups excluding carboxylic acids is 1. The molecule has 1 unspecified atom stereocenters. The fourth-order valence-electron chi connectivity index (χ4n) is 2.54. The molecule has 4 rings (SSSR count). The average molecular weight is 281 g/mol. The van der Waals surface area contributed by atoms with Gasteiger partial charge in [0.2, 0.25) is 0 Å². The fraction of sp³-hybridized carbons (Fsp3) is 0.235. The topological polar surface area (TPSA) is 42.1 Å². The van der Waals surface area contributed by atoms with Crippen LogP contribution in [0.2, 0.25) is 0 Å². The first kappa shape index (κ1) is 12.4. The second-order valence-electron chi connectivity index (χ2n) is 5.31. The minimum atomic E-state index is 0.0608. The molecule has 1 atom stereocenters. The molecule has 0 saturated carbocycles. The van der Waals surface area contributed by atoms with Crippen molar-refractivity contribution in [3.05, 3.63) is 59.7 Å². The number of epoxide rings is 1. The van der Waals surface area contributed by atoms with Crippen molar-refractivity contribution in [1.82, 2.24) is 0 Å². The number of anilines is 1. The van der Waals surface area contributed by atoms with Gasteiger partial charge in [-0.1, -0.05) is 18.2 Å². The molecule has 21 heavy (non-hydrogen) atoms. The van der Waals surface area contributed by atoms with Crippen LogP contribution in [0.4, 0.5) is 5.69 Å². The number of ether oxygens (including phenoxy) is 2. The second-order valence-corrected chi connectivity index (χ2v) is 5.31. The number of carbonyl (C=O) groups is 1. The molecule has 0 aromatic heterocycles. The highest BCUT2D eigenvalue weighted by Crippen LogP contribution is 2.29. The zero-order valence-electron chi connectivity index (χ0n) is 11.5. The van der Waals surface area contributed by atoms with Crippen molar-refractivity contribution < 1.29 is 14.3 Å². The lowest BCUT2D eigenvalue weighted by Gasteiger charge is -2.16. The van der Waals surface area contributed by atoms with Crippen LogP contribution in [-0.4, -0.2) is 25.2 Å². The van der Waals surface area contributed by atoms with Crippen LogP contribution in [0.1, 0.15) is 15.9 Å². The maximum atomic E-state index is 12.4. The summed E-state index contributed by atoms with van der Waals surface area (Å²) in [6.45, 7) is 2.01. The average Bonchev–Trinajstić information content (AvgIpc) is 3.30. The largest absolute Gasteiger partial charge is 0.491 e. The van der Waals surface area contributed by atoms with E-state index in [1.165, 1.54) is 0 Å². The summed E-state index contributed by atoms with van der Waals surface area (Å²) in [5.74, 6) is 0.865. The molecule has 1 fully saturated rings. The molecule has 0 bridgehead atoms. The van der Waals surface area contributed by atoms with E-state index < -0.39 is 0 Å². The number of amides is 1. The Morgan fingerprint density at radius 3 is 2.62 bits per heavy atom. The van der Waals surface area contributed by atoms with Gasteiger partial charge in [0.1, 0.15) is 18.5 Å². The number of nitrogens with zero attached hydrogens (tertiary/aromatic N) is 1. The monoisotopic (exact) mass is 281 g/mol. The first-order valence-corrected chi connectivity index (χ1v) is 7.05. The van der Waals surface area contributed by atoms with Crippen LogP contribution in [0.5, 0.6) is 5.75 Å². The van der Waals surface area contributed by atoms with E-state index in [9.17, 15) is 4.79 Å². The van der Waals surface area contributed by atoms with Gasteiger partial charge < -0.3 is 14.4 Å². The van der Waals surface area contributed by atoms with Gasteiger partial charge >= 0.3 is 0 Å². The Morgan fingerprint density at radius 1 is 1.14 bits per heavy atom. The molecule has 0 aliphatic carbocycles. The van der Waals surface area contributed by atoms with Gasteiger partial charge in [0.15, 0.2) is 0 Å². The summed E-state index contributed by atoms with van der Waals surface area (Å²) >= 11 is 0. The SMILES string of the molecule is O=C1c2ccccc2CN1c1ccc(OCC2CO2)cc1. The maximum Gasteiger partial charge on any atom is 0.258 e. The van der Waals surface area contributed by atoms with Crippen molar-refractivity contribution in [2.45, 2.75) is 12.6 Å². The van der Waals surface area contributed by atoms with E-state index in [0.29, 0.717) is 13.2 Å². The lowest BCUT2D eigenvalue weighted by atomic mass is 10.1. The molecule has 0 N–H and O–H groups in total. The number of fused-ring (bicyclic) bond motifs is 1. The Labute approximate surface area is 122 Å². The van der Waals surface area contributed by atoms with E-state index in [-0.39, 0.29) is 12.0 Å². The maximum absolute atomic E-state index is 12.4. The predicted molar refractivity (Wildman–Crippen MR) is 78.6 cm³/mol. The molecule has 2 aliphatic rings. The fourth-order valence-corrected chi connectivity index (χ4v) is 2.54. The second kappa shape index (κ2) is 4.90. The summed E-state index contributed by atoms with van der Waals surface area (Å²) in [6.07, 6.45) is 0.249. The summed E-state index contributed by atoms with van der Waals surface area (Å²) in [4.78, 5) is 14.2. The summed E-state index contributed by atoms with van der Waals surface area (Å²) in [6, 6.07) is 15.4. The van der Waals surface area contributed by atoms with Gasteiger partial charge in [-0.15, -0.1) is 0 Å². The standard InChI is InChI=1S/C17H15NO3/c19-17-16-4-2-1-3-12(16)9-18(17)13-5-7-14(8-6-13)20-10-15-11-21-15/h1-8,15H,9-11H2. The van der Waals surface area contributed by atoms with Crippen LogP contribution >= 0.6 is 0 Å². The molecule has 2 heterocycles. The van der Waals surface area contributed by atoms with E-state index in [2.05, 4.69) is 0 Å². The Kier molecular flexibility index (Phi) is 2.89. The van der Waals surface area contributed by atoms with Gasteiger partial charge in [-0.05, 0) is 35.9 Å². The van der Waals surface area contributed by atoms with Crippen molar-refractivity contribution in [2.24, 2.45) is 0 Å². The van der Waals surface area contributed by atoms with Gasteiger partial charge in [-0.3, -0.25) is 4.79 Å². The zero-order valence-corrected chi connectivity index (χ0v) is 11.5. The molecule has 2 aliphatic heterocycles. The highest BCUT2D eigenvalue weighted by molar-refractivity contribution is 6.09. The van der Waals surface area contributed by atoms with Gasteiger partial charge in [-0.2, -0.15) is 0 Å². The Morgan fingerprint density at radius 2 is 1.90 bits per heavy atom. The van der Waals surface area contributed by atoms with Gasteiger partial charge in [0.05, 0.1) is 13.2 Å². The van der Waals surface area contributed by atoms with E-state index in [1.54, 1.807) is 4.90 Å². The summed E-state index contributed by atoms with van der Waals surface area (Å²) in [5, 5.41) is 0. The summed E-state index contributed by atoms with van der Waals surface area (Å²) in [7, 11) is 0. The van der Waals surface area contributed by atoms with Crippen LogP contribution in [0.3, 0.4) is 0 Å². The Bertz CT molecular complexity index is 677. The van der Waals surface area contributed by atoms with Crippen LogP contribution in [0.25, 0.3) is 0 Å². The summed E-state index contributed by atoms with van der Waals surface area (Å²) < 4.78 is 10.7. The quantitative estimate of drug-likeness (QED) is 0.809. The highest BCUT2D eigenvalue weighted by atomic mass is 16.6. The number of hydrogen-bond donors (Lipinski definition) is 0. The van der Waals surface area contributed by atoms with Crippen molar-refractivity contribution in [3.63, 3.8) is 0 Å². The van der Waals surface area contributed by atoms with Gasteiger partial charge in [-0.25, -0.2) is 0 Å². The van der Waals surface area contributed by atoms with Crippen molar-refractivity contribution in [3.8, 4) is 5.75 Å². The minimum absolute atomic E-state index is 0.0608. The molecule has 2 aromatic rings. The number of benzene rings is 2. The van der Waals surface area contributed by atoms with Crippen molar-refractivity contribution in [1.29, 1.82) is 0 Å². The predicted octanol–water partition coefficient (Wildman–Crippen LogP) is 2.62. The van der Waals surface area contributed by atoms with Crippen molar-refractivity contribution in [2.75, 3.05) is 18.1 Å². The number of rotatable bonds is 4. The van der Waals surface area contributed by atoms with Crippen LogP contribution in [-0.2, 0) is 11.3 Å². The van der Waals surface area contributed by atoms with Gasteiger partial charge in [0.25, 0.3) is 5.91 Å². The molecule has 0 spiro atoms. The number of hydrogen-bond acceptors (Lipinski definition) is 3. The smallest absolute Gasteiger partial charge is 0.258 e. The van der Waals surface area contributed by atoms with E-state index in [0.717, 1.165) is 29.2 Å². The minimum Gasteiger partial charge on any atom is -0.491 e. The zero-order chi connectivity index (χ0) is 14.2. The van der Waals surface area contributed by atoms with Crippen LogP contribution in [0, 0.1) is 0 Å². The third-order valence-electron chi connectivity index (χ3n) is 3.81. The summed E-state index contributed by atoms with van der Waals surface area (Å²) in [5.41, 5.74) is 2.77. The molecule has 1 amide bonds. The lowest BCUT2D eigenvalue weighted by Crippen LogP contribution is -2.22. The molecular weight excluding hydrogens is 266 g/mol. The van der Waals surface area contributed by atoms with Crippen LogP contribution < -0.4 is 9.64 Å². The van der Waals surface area contributed by atoms with E-state index in [1.807, 2.05) is 48.5 Å². The molecule has 2 aromatic carbocycles. The molecular formula is C17H15NO3. The first-order chi connectivity index (χ1) is 10.3. The third-order valence-corrected chi connectivity index (χ3v) is 3.81. The molecule has 4 nitrogen and oxygen atoms in total. The first-order valence-electron chi connectivity index (χ1n) is 7.05. The molecule has 106 valence electrons. The normalized spacial score (nSPS) is 19.5.